The summed E-state index contributed by atoms with van der Waals surface area (Å²) >= 11 is 1.50. The van der Waals surface area contributed by atoms with Gasteiger partial charge in [-0.15, -0.1) is 0 Å². The van der Waals surface area contributed by atoms with Gasteiger partial charge in [0.2, 0.25) is 0 Å². The normalized spacial score (nSPS) is 10.7. The zero-order chi connectivity index (χ0) is 10.1. The Morgan fingerprint density at radius 2 is 2.21 bits per heavy atom. The number of hydrogen-bond donors (Lipinski definition) is 1. The van der Waals surface area contributed by atoms with Crippen LogP contribution in [0.1, 0.15) is 12.5 Å². The van der Waals surface area contributed by atoms with E-state index < -0.39 is 0 Å². The van der Waals surface area contributed by atoms with E-state index in [0.29, 0.717) is 5.75 Å². The molecule has 0 aliphatic rings. The van der Waals surface area contributed by atoms with Gasteiger partial charge < -0.3 is 9.84 Å². The second-order valence-corrected chi connectivity index (χ2v) is 4.06. The maximum Gasteiger partial charge on any atom is 0.177 e. The molecule has 0 aliphatic heterocycles. The van der Waals surface area contributed by atoms with Crippen molar-refractivity contribution in [2.75, 3.05) is 7.11 Å². The molecule has 3 heteroatoms. The fraction of sp³-hybridized carbons (Fsp3) is 0.273. The van der Waals surface area contributed by atoms with E-state index in [1.807, 2.05) is 12.1 Å². The molecule has 1 aromatic heterocycles. The zero-order valence-electron chi connectivity index (χ0n) is 8.20. The molecule has 1 aromatic carbocycles. The third kappa shape index (κ3) is 1.24. The largest absolute Gasteiger partial charge is 0.506 e. The number of benzene rings is 1. The maximum atomic E-state index is 9.65. The predicted octanol–water partition coefficient (Wildman–Crippen LogP) is 3.18. The molecule has 0 bridgehead atoms. The predicted molar refractivity (Wildman–Crippen MR) is 59.4 cm³/mol. The summed E-state index contributed by atoms with van der Waals surface area (Å²) in [6, 6.07) is 5.59. The highest BCUT2D eigenvalue weighted by molar-refractivity contribution is 7.21. The van der Waals surface area contributed by atoms with Gasteiger partial charge >= 0.3 is 0 Å². The monoisotopic (exact) mass is 208 g/mol. The summed E-state index contributed by atoms with van der Waals surface area (Å²) in [4.78, 5) is 0. The van der Waals surface area contributed by atoms with Gasteiger partial charge in [0.25, 0.3) is 0 Å². The minimum absolute atomic E-state index is 0.338. The first kappa shape index (κ1) is 9.34. The van der Waals surface area contributed by atoms with Crippen molar-refractivity contribution in [1.29, 1.82) is 0 Å². The number of hydrogen-bond acceptors (Lipinski definition) is 3. The lowest BCUT2D eigenvalue weighted by Crippen LogP contribution is -1.84. The Morgan fingerprint density at radius 1 is 1.43 bits per heavy atom. The molecule has 0 saturated heterocycles. The zero-order valence-corrected chi connectivity index (χ0v) is 9.02. The van der Waals surface area contributed by atoms with Crippen molar-refractivity contribution in [3.63, 3.8) is 0 Å². The van der Waals surface area contributed by atoms with E-state index in [1.54, 1.807) is 13.2 Å². The second kappa shape index (κ2) is 3.50. The molecule has 0 atom stereocenters. The Balaban J connectivity index is 2.79. The Hall–Kier alpha value is -1.22. The molecule has 0 amide bonds. The summed E-state index contributed by atoms with van der Waals surface area (Å²) in [5.74, 6) is 0.338. The molecule has 2 nitrogen and oxygen atoms in total. The minimum Gasteiger partial charge on any atom is -0.506 e. The number of aryl methyl sites for hydroxylation is 1. The van der Waals surface area contributed by atoms with Crippen LogP contribution in [-0.2, 0) is 6.42 Å². The standard InChI is InChI=1S/C11H12O2S/c1-3-7-8-5-4-6-9(12)10(8)14-11(7)13-2/h4-6,12H,3H2,1-2H3. The van der Waals surface area contributed by atoms with Crippen LogP contribution < -0.4 is 4.74 Å². The van der Waals surface area contributed by atoms with Gasteiger partial charge in [-0.05, 0) is 12.5 Å². The molecule has 2 rings (SSSR count). The molecule has 0 fully saturated rings. The first-order valence-corrected chi connectivity index (χ1v) is 5.37. The van der Waals surface area contributed by atoms with E-state index in [9.17, 15) is 5.11 Å². The van der Waals surface area contributed by atoms with E-state index in [2.05, 4.69) is 6.92 Å². The van der Waals surface area contributed by atoms with Gasteiger partial charge in [-0.1, -0.05) is 30.4 Å². The lowest BCUT2D eigenvalue weighted by Gasteiger charge is -1.98. The number of phenols is 1. The third-order valence-corrected chi connectivity index (χ3v) is 3.53. The number of phenolic OH excluding ortho intramolecular Hbond substituents is 1. The Kier molecular flexibility index (Phi) is 2.33. The summed E-state index contributed by atoms with van der Waals surface area (Å²) < 4.78 is 6.20. The molecule has 74 valence electrons. The smallest absolute Gasteiger partial charge is 0.177 e. The highest BCUT2D eigenvalue weighted by Crippen LogP contribution is 2.41. The quantitative estimate of drug-likeness (QED) is 0.821. The van der Waals surface area contributed by atoms with Crippen LogP contribution in [0.25, 0.3) is 10.1 Å². The average Bonchev–Trinajstić information content (AvgIpc) is 2.57. The Labute approximate surface area is 86.8 Å². The fourth-order valence-corrected chi connectivity index (χ4v) is 2.75. The van der Waals surface area contributed by atoms with E-state index >= 15 is 0 Å². The van der Waals surface area contributed by atoms with E-state index in [0.717, 1.165) is 21.6 Å². The van der Waals surface area contributed by atoms with Crippen LogP contribution in [0.4, 0.5) is 0 Å². The number of methoxy groups -OCH3 is 1. The van der Waals surface area contributed by atoms with Crippen LogP contribution in [-0.4, -0.2) is 12.2 Å². The van der Waals surface area contributed by atoms with Crippen molar-refractivity contribution in [2.45, 2.75) is 13.3 Å². The first-order valence-electron chi connectivity index (χ1n) is 4.55. The minimum atomic E-state index is 0.338. The summed E-state index contributed by atoms with van der Waals surface area (Å²) in [6.45, 7) is 2.09. The van der Waals surface area contributed by atoms with Crippen LogP contribution in [0.2, 0.25) is 0 Å². The molecule has 14 heavy (non-hydrogen) atoms. The molecule has 0 unspecified atom stereocenters. The van der Waals surface area contributed by atoms with Crippen LogP contribution >= 0.6 is 11.3 Å². The molecule has 2 aromatic rings. The summed E-state index contributed by atoms with van der Waals surface area (Å²) in [5.41, 5.74) is 1.18. The number of fused-ring (bicyclic) bond motifs is 1. The molecule has 0 saturated carbocycles. The van der Waals surface area contributed by atoms with Gasteiger partial charge in [-0.2, -0.15) is 0 Å². The van der Waals surface area contributed by atoms with Crippen LogP contribution in [0, 0.1) is 0 Å². The molecule has 0 aliphatic carbocycles. The fourth-order valence-electron chi connectivity index (χ4n) is 1.63. The topological polar surface area (TPSA) is 29.5 Å². The maximum absolute atomic E-state index is 9.65. The van der Waals surface area contributed by atoms with Crippen LogP contribution in [0.15, 0.2) is 18.2 Å². The Morgan fingerprint density at radius 3 is 2.86 bits per heavy atom. The second-order valence-electron chi connectivity index (χ2n) is 3.08. The number of thiophene rings is 1. The lowest BCUT2D eigenvalue weighted by molar-refractivity contribution is 0.423. The molecular weight excluding hydrogens is 196 g/mol. The number of ether oxygens (including phenoxy) is 1. The van der Waals surface area contributed by atoms with Crippen molar-refractivity contribution in [3.8, 4) is 10.8 Å². The number of aromatic hydroxyl groups is 1. The van der Waals surface area contributed by atoms with Gasteiger partial charge in [-0.25, -0.2) is 0 Å². The van der Waals surface area contributed by atoms with Gasteiger partial charge in [0.15, 0.2) is 5.06 Å². The summed E-state index contributed by atoms with van der Waals surface area (Å²) in [6.07, 6.45) is 0.923. The van der Waals surface area contributed by atoms with Crippen molar-refractivity contribution < 1.29 is 9.84 Å². The van der Waals surface area contributed by atoms with Crippen LogP contribution in [0.3, 0.4) is 0 Å². The van der Waals surface area contributed by atoms with Crippen molar-refractivity contribution >= 4 is 21.4 Å². The number of rotatable bonds is 2. The molecule has 1 heterocycles. The molecule has 0 spiro atoms. The highest BCUT2D eigenvalue weighted by atomic mass is 32.1. The molecule has 1 N–H and O–H groups in total. The van der Waals surface area contributed by atoms with Crippen molar-refractivity contribution in [2.24, 2.45) is 0 Å². The van der Waals surface area contributed by atoms with Crippen LogP contribution in [0.5, 0.6) is 10.8 Å². The third-order valence-electron chi connectivity index (χ3n) is 2.30. The van der Waals surface area contributed by atoms with Gasteiger partial charge in [0.05, 0.1) is 11.8 Å². The highest BCUT2D eigenvalue weighted by Gasteiger charge is 2.12. The lowest BCUT2D eigenvalue weighted by atomic mass is 10.1. The van der Waals surface area contributed by atoms with E-state index in [4.69, 9.17) is 4.74 Å². The molecular formula is C11H12O2S. The first-order chi connectivity index (χ1) is 6.77. The van der Waals surface area contributed by atoms with Crippen molar-refractivity contribution in [1.82, 2.24) is 0 Å². The van der Waals surface area contributed by atoms with Gasteiger partial charge in [0, 0.05) is 10.9 Å². The van der Waals surface area contributed by atoms with Gasteiger partial charge in [0.1, 0.15) is 5.75 Å². The summed E-state index contributed by atoms with van der Waals surface area (Å²) in [7, 11) is 1.67. The van der Waals surface area contributed by atoms with E-state index in [1.165, 1.54) is 16.9 Å². The average molecular weight is 208 g/mol. The summed E-state index contributed by atoms with van der Waals surface area (Å²) in [5, 5.41) is 11.7. The Bertz CT molecular complexity index is 460. The van der Waals surface area contributed by atoms with Gasteiger partial charge in [-0.3, -0.25) is 0 Å². The van der Waals surface area contributed by atoms with E-state index in [-0.39, 0.29) is 0 Å². The molecule has 0 radical (unpaired) electrons. The van der Waals surface area contributed by atoms with Crippen molar-refractivity contribution in [3.05, 3.63) is 23.8 Å². The SMILES string of the molecule is CCc1c(OC)sc2c(O)cccc12.